The van der Waals surface area contributed by atoms with Crippen LogP contribution in [0.2, 0.25) is 0 Å². The van der Waals surface area contributed by atoms with Crippen LogP contribution in [0.1, 0.15) is 17.5 Å². The molecule has 4 rings (SSSR count). The van der Waals surface area contributed by atoms with Crippen molar-refractivity contribution in [2.75, 3.05) is 64.6 Å². The lowest BCUT2D eigenvalue weighted by Crippen LogP contribution is -2.38. The van der Waals surface area contributed by atoms with Crippen LogP contribution in [0.4, 0.5) is 10.3 Å². The van der Waals surface area contributed by atoms with E-state index in [0.29, 0.717) is 64.1 Å². The van der Waals surface area contributed by atoms with Gasteiger partial charge in [0.05, 0.1) is 18.8 Å². The SMILES string of the molecule is COCCCN(Cc1c(-c2ccc(F)cc2)noc1N1CCOCC1)CC(O)COc1ccccc1C. The van der Waals surface area contributed by atoms with E-state index in [1.54, 1.807) is 19.2 Å². The number of aliphatic hydroxyl groups is 1. The predicted molar refractivity (Wildman–Crippen MR) is 139 cm³/mol. The predicted octanol–water partition coefficient (Wildman–Crippen LogP) is 3.90. The van der Waals surface area contributed by atoms with E-state index >= 15 is 0 Å². The number of anilines is 1. The lowest BCUT2D eigenvalue weighted by Gasteiger charge is -2.29. The maximum absolute atomic E-state index is 13.6. The highest BCUT2D eigenvalue weighted by Crippen LogP contribution is 2.33. The summed E-state index contributed by atoms with van der Waals surface area (Å²) < 4.78 is 36.2. The number of halogens is 1. The van der Waals surface area contributed by atoms with Gasteiger partial charge in [-0.05, 0) is 49.2 Å². The normalized spacial score (nSPS) is 14.8. The Labute approximate surface area is 217 Å². The van der Waals surface area contributed by atoms with Gasteiger partial charge < -0.3 is 28.7 Å². The topological polar surface area (TPSA) is 80.4 Å². The molecule has 3 aromatic rings. The summed E-state index contributed by atoms with van der Waals surface area (Å²) >= 11 is 0. The number of benzene rings is 2. The average molecular weight is 514 g/mol. The highest BCUT2D eigenvalue weighted by Gasteiger charge is 2.26. The number of hydrogen-bond acceptors (Lipinski definition) is 8. The summed E-state index contributed by atoms with van der Waals surface area (Å²) in [4.78, 5) is 4.29. The number of rotatable bonds is 13. The van der Waals surface area contributed by atoms with Gasteiger partial charge in [0.25, 0.3) is 0 Å². The largest absolute Gasteiger partial charge is 0.491 e. The molecule has 0 radical (unpaired) electrons. The third-order valence-electron chi connectivity index (χ3n) is 6.38. The molecular weight excluding hydrogens is 477 g/mol. The van der Waals surface area contributed by atoms with Crippen molar-refractivity contribution in [3.05, 3.63) is 65.5 Å². The number of hydrogen-bond donors (Lipinski definition) is 1. The number of para-hydroxylation sites is 1. The smallest absolute Gasteiger partial charge is 0.232 e. The molecule has 0 spiro atoms. The van der Waals surface area contributed by atoms with E-state index in [-0.39, 0.29) is 12.4 Å². The average Bonchev–Trinajstić information content (AvgIpc) is 3.32. The molecule has 2 aromatic carbocycles. The van der Waals surface area contributed by atoms with Crippen LogP contribution in [-0.2, 0) is 16.0 Å². The summed E-state index contributed by atoms with van der Waals surface area (Å²) in [5, 5.41) is 15.3. The van der Waals surface area contributed by atoms with Crippen LogP contribution in [0, 0.1) is 12.7 Å². The minimum absolute atomic E-state index is 0.177. The Kier molecular flexibility index (Phi) is 9.90. The highest BCUT2D eigenvalue weighted by atomic mass is 19.1. The van der Waals surface area contributed by atoms with Crippen LogP contribution < -0.4 is 9.64 Å². The second kappa shape index (κ2) is 13.5. The number of aliphatic hydroxyl groups excluding tert-OH is 1. The van der Waals surface area contributed by atoms with E-state index < -0.39 is 6.10 Å². The maximum Gasteiger partial charge on any atom is 0.232 e. The first-order valence-electron chi connectivity index (χ1n) is 12.7. The van der Waals surface area contributed by atoms with Crippen LogP contribution in [-0.4, -0.2) is 81.0 Å². The van der Waals surface area contributed by atoms with Gasteiger partial charge in [-0.25, -0.2) is 4.39 Å². The molecular formula is C28H36FN3O5. The Morgan fingerprint density at radius 2 is 1.89 bits per heavy atom. The molecule has 0 saturated carbocycles. The van der Waals surface area contributed by atoms with E-state index in [0.717, 1.165) is 28.9 Å². The van der Waals surface area contributed by atoms with Crippen molar-refractivity contribution in [3.63, 3.8) is 0 Å². The minimum atomic E-state index is -0.705. The summed E-state index contributed by atoms with van der Waals surface area (Å²) in [6.07, 6.45) is 0.0921. The molecule has 1 N–H and O–H groups in total. The molecule has 2 heterocycles. The number of methoxy groups -OCH3 is 1. The van der Waals surface area contributed by atoms with Crippen LogP contribution in [0.15, 0.2) is 53.1 Å². The number of aromatic nitrogens is 1. The van der Waals surface area contributed by atoms with Gasteiger partial charge in [-0.1, -0.05) is 23.4 Å². The summed E-state index contributed by atoms with van der Waals surface area (Å²) in [6, 6.07) is 14.0. The van der Waals surface area contributed by atoms with Gasteiger partial charge in [-0.15, -0.1) is 0 Å². The van der Waals surface area contributed by atoms with E-state index in [1.807, 2.05) is 31.2 Å². The zero-order valence-corrected chi connectivity index (χ0v) is 21.6. The van der Waals surface area contributed by atoms with Crippen molar-refractivity contribution in [3.8, 4) is 17.0 Å². The van der Waals surface area contributed by atoms with E-state index in [1.165, 1.54) is 12.1 Å². The molecule has 37 heavy (non-hydrogen) atoms. The molecule has 8 nitrogen and oxygen atoms in total. The first kappa shape index (κ1) is 27.1. The highest BCUT2D eigenvalue weighted by molar-refractivity contribution is 5.68. The monoisotopic (exact) mass is 513 g/mol. The molecule has 9 heteroatoms. The molecule has 1 aliphatic heterocycles. The summed E-state index contributed by atoms with van der Waals surface area (Å²) in [5.41, 5.74) is 3.37. The van der Waals surface area contributed by atoms with Crippen LogP contribution in [0.25, 0.3) is 11.3 Å². The third-order valence-corrected chi connectivity index (χ3v) is 6.38. The second-order valence-electron chi connectivity index (χ2n) is 9.23. The van der Waals surface area contributed by atoms with Crippen molar-refractivity contribution >= 4 is 5.88 Å². The first-order valence-corrected chi connectivity index (χ1v) is 12.7. The van der Waals surface area contributed by atoms with Gasteiger partial charge in [0, 0.05) is 52.0 Å². The molecule has 1 unspecified atom stereocenters. The standard InChI is InChI=1S/C28H36FN3O5/c1-21-6-3-4-7-26(21)36-20-24(33)18-31(12-5-15-34-2)19-25-27(22-8-10-23(29)11-9-22)30-37-28(25)32-13-16-35-17-14-32/h3-4,6-11,24,33H,5,12-20H2,1-2H3. The van der Waals surface area contributed by atoms with Gasteiger partial charge >= 0.3 is 0 Å². The molecule has 0 aliphatic carbocycles. The maximum atomic E-state index is 13.6. The van der Waals surface area contributed by atoms with Gasteiger partial charge in [0.2, 0.25) is 5.88 Å². The Bertz CT molecular complexity index is 1100. The number of nitrogens with zero attached hydrogens (tertiary/aromatic N) is 3. The van der Waals surface area contributed by atoms with E-state index in [9.17, 15) is 9.50 Å². The zero-order valence-electron chi connectivity index (χ0n) is 21.6. The quantitative estimate of drug-likeness (QED) is 0.345. The zero-order chi connectivity index (χ0) is 26.0. The lowest BCUT2D eigenvalue weighted by atomic mass is 10.1. The van der Waals surface area contributed by atoms with Crippen LogP contribution >= 0.6 is 0 Å². The fraction of sp³-hybridized carbons (Fsp3) is 0.464. The molecule has 1 fully saturated rings. The Morgan fingerprint density at radius 1 is 1.14 bits per heavy atom. The van der Waals surface area contributed by atoms with E-state index in [2.05, 4.69) is 15.0 Å². The molecule has 0 bridgehead atoms. The van der Waals surface area contributed by atoms with Crippen molar-refractivity contribution in [1.82, 2.24) is 10.1 Å². The molecule has 1 aliphatic rings. The molecule has 200 valence electrons. The molecule has 1 saturated heterocycles. The first-order chi connectivity index (χ1) is 18.0. The van der Waals surface area contributed by atoms with E-state index in [4.69, 9.17) is 18.7 Å². The summed E-state index contributed by atoms with van der Waals surface area (Å²) in [7, 11) is 1.68. The van der Waals surface area contributed by atoms with Crippen molar-refractivity contribution in [2.45, 2.75) is 26.0 Å². The number of ether oxygens (including phenoxy) is 3. The third kappa shape index (κ3) is 7.52. The fourth-order valence-corrected chi connectivity index (χ4v) is 4.44. The van der Waals surface area contributed by atoms with Gasteiger partial charge in [-0.3, -0.25) is 4.90 Å². The van der Waals surface area contributed by atoms with Gasteiger partial charge in [0.1, 0.15) is 30.0 Å². The van der Waals surface area contributed by atoms with Crippen molar-refractivity contribution in [2.24, 2.45) is 0 Å². The van der Waals surface area contributed by atoms with Crippen LogP contribution in [0.3, 0.4) is 0 Å². The number of morpholine rings is 1. The van der Waals surface area contributed by atoms with Crippen LogP contribution in [0.5, 0.6) is 5.75 Å². The Morgan fingerprint density at radius 3 is 2.62 bits per heavy atom. The lowest BCUT2D eigenvalue weighted by molar-refractivity contribution is 0.0615. The summed E-state index contributed by atoms with van der Waals surface area (Å²) in [5.74, 6) is 1.14. The van der Waals surface area contributed by atoms with Crippen molar-refractivity contribution in [1.29, 1.82) is 0 Å². The van der Waals surface area contributed by atoms with Gasteiger partial charge in [-0.2, -0.15) is 0 Å². The molecule has 1 atom stereocenters. The summed E-state index contributed by atoms with van der Waals surface area (Å²) in [6.45, 7) is 6.97. The molecule has 0 amide bonds. The molecule has 1 aromatic heterocycles. The fourth-order valence-electron chi connectivity index (χ4n) is 4.44. The Hall–Kier alpha value is -2.98. The second-order valence-corrected chi connectivity index (χ2v) is 9.23. The Balaban J connectivity index is 1.54. The van der Waals surface area contributed by atoms with Gasteiger partial charge in [0.15, 0.2) is 0 Å². The number of aryl methyl sites for hydroxylation is 1. The minimum Gasteiger partial charge on any atom is -0.491 e. The van der Waals surface area contributed by atoms with Crippen molar-refractivity contribution < 1.29 is 28.2 Å².